The van der Waals surface area contributed by atoms with Crippen molar-refractivity contribution < 1.29 is 13.9 Å². The summed E-state index contributed by atoms with van der Waals surface area (Å²) < 4.78 is 23.7. The van der Waals surface area contributed by atoms with Gasteiger partial charge in [-0.25, -0.2) is 9.18 Å². The van der Waals surface area contributed by atoms with E-state index in [0.29, 0.717) is 27.3 Å². The molecule has 0 bridgehead atoms. The number of fused-ring (bicyclic) bond motifs is 5. The molecule has 1 saturated heterocycles. The Morgan fingerprint density at radius 2 is 1.83 bits per heavy atom. The van der Waals surface area contributed by atoms with Gasteiger partial charge in [-0.05, 0) is 63.9 Å². The summed E-state index contributed by atoms with van der Waals surface area (Å²) >= 11 is 6.36. The Balaban J connectivity index is 1.54. The van der Waals surface area contributed by atoms with Gasteiger partial charge in [-0.2, -0.15) is 4.98 Å². The van der Waals surface area contributed by atoms with Crippen LogP contribution in [0.1, 0.15) is 64.4 Å². The predicted molar refractivity (Wildman–Crippen MR) is 134 cm³/mol. The Bertz CT molecular complexity index is 1420. The SMILES string of the molecule is CC(C)(C)OC(=O)N1CCC(F)(c2ccc3c(c2)-n2c(nc(=O)c4c(Cl)cccc42)C3(C)C)CC1. The van der Waals surface area contributed by atoms with Crippen LogP contribution in [0.4, 0.5) is 9.18 Å². The van der Waals surface area contributed by atoms with Crippen molar-refractivity contribution in [3.05, 3.63) is 68.7 Å². The molecule has 2 aliphatic rings. The standard InChI is InChI=1S/C27H29ClFN3O3/c1-25(2,3)35-24(34)31-13-11-27(29,12-14-31)16-9-10-17-20(15-16)32-19-8-6-7-18(28)21(19)22(33)30-23(32)26(17,4)5/h6-10,15H,11-14H2,1-5H3. The van der Waals surface area contributed by atoms with Crippen LogP contribution in [0, 0.1) is 0 Å². The zero-order valence-electron chi connectivity index (χ0n) is 20.6. The van der Waals surface area contributed by atoms with Gasteiger partial charge in [0.05, 0.1) is 27.0 Å². The fourth-order valence-electron chi connectivity index (χ4n) is 5.19. The predicted octanol–water partition coefficient (Wildman–Crippen LogP) is 5.87. The van der Waals surface area contributed by atoms with Crippen LogP contribution in [0.2, 0.25) is 5.02 Å². The topological polar surface area (TPSA) is 64.4 Å². The zero-order chi connectivity index (χ0) is 25.3. The molecule has 0 unspecified atom stereocenters. The van der Waals surface area contributed by atoms with Gasteiger partial charge in [0.25, 0.3) is 5.56 Å². The van der Waals surface area contributed by atoms with Crippen molar-refractivity contribution in [3.8, 4) is 5.69 Å². The molecule has 1 aromatic heterocycles. The van der Waals surface area contributed by atoms with E-state index in [4.69, 9.17) is 16.3 Å². The van der Waals surface area contributed by atoms with Crippen LogP contribution in [0.3, 0.4) is 0 Å². The van der Waals surface area contributed by atoms with Crippen LogP contribution in [0.5, 0.6) is 0 Å². The third kappa shape index (κ3) is 3.80. The molecule has 0 N–H and O–H groups in total. The molecule has 0 radical (unpaired) electrons. The molecular weight excluding hydrogens is 469 g/mol. The first-order valence-corrected chi connectivity index (χ1v) is 12.2. The summed E-state index contributed by atoms with van der Waals surface area (Å²) in [6, 6.07) is 10.9. The van der Waals surface area contributed by atoms with Gasteiger partial charge in [0.15, 0.2) is 0 Å². The van der Waals surface area contributed by atoms with Crippen molar-refractivity contribution >= 4 is 28.6 Å². The normalized spacial score (nSPS) is 18.3. The fourth-order valence-corrected chi connectivity index (χ4v) is 5.44. The van der Waals surface area contributed by atoms with Gasteiger partial charge in [-0.15, -0.1) is 0 Å². The van der Waals surface area contributed by atoms with Crippen molar-refractivity contribution in [2.75, 3.05) is 13.1 Å². The minimum absolute atomic E-state index is 0.177. The average Bonchev–Trinajstić information content (AvgIpc) is 2.99. The molecule has 35 heavy (non-hydrogen) atoms. The van der Waals surface area contributed by atoms with Gasteiger partial charge in [-0.3, -0.25) is 9.36 Å². The molecule has 1 fully saturated rings. The average molecular weight is 498 g/mol. The van der Waals surface area contributed by atoms with E-state index in [-0.39, 0.29) is 31.5 Å². The van der Waals surface area contributed by atoms with Gasteiger partial charge in [0.2, 0.25) is 0 Å². The lowest BCUT2D eigenvalue weighted by Crippen LogP contribution is -2.45. The maximum absolute atomic E-state index is 16.3. The molecule has 2 aromatic carbocycles. The number of aromatic nitrogens is 2. The largest absolute Gasteiger partial charge is 0.444 e. The number of amides is 1. The van der Waals surface area contributed by atoms with E-state index in [1.165, 1.54) is 0 Å². The van der Waals surface area contributed by atoms with Gasteiger partial charge < -0.3 is 9.64 Å². The van der Waals surface area contributed by atoms with Crippen molar-refractivity contribution in [2.45, 2.75) is 64.1 Å². The molecular formula is C27H29ClFN3O3. The Morgan fingerprint density at radius 1 is 1.14 bits per heavy atom. The van der Waals surface area contributed by atoms with E-state index >= 15 is 4.39 Å². The molecule has 5 rings (SSSR count). The van der Waals surface area contributed by atoms with Crippen molar-refractivity contribution in [1.29, 1.82) is 0 Å². The number of ether oxygens (including phenoxy) is 1. The number of halogens is 2. The molecule has 0 aliphatic carbocycles. The number of hydrogen-bond donors (Lipinski definition) is 0. The molecule has 3 aromatic rings. The molecule has 0 atom stereocenters. The molecule has 3 heterocycles. The number of likely N-dealkylation sites (tertiary alicyclic amines) is 1. The maximum Gasteiger partial charge on any atom is 0.410 e. The van der Waals surface area contributed by atoms with E-state index in [1.54, 1.807) is 17.0 Å². The summed E-state index contributed by atoms with van der Waals surface area (Å²) in [6.45, 7) is 10.0. The molecule has 184 valence electrons. The molecule has 1 amide bonds. The Kier molecular flexibility index (Phi) is 5.29. The second-order valence-electron chi connectivity index (χ2n) is 11.0. The quantitative estimate of drug-likeness (QED) is 0.421. The van der Waals surface area contributed by atoms with E-state index < -0.39 is 22.8 Å². The van der Waals surface area contributed by atoms with Crippen molar-refractivity contribution in [2.24, 2.45) is 0 Å². The highest BCUT2D eigenvalue weighted by Crippen LogP contribution is 2.46. The second-order valence-corrected chi connectivity index (χ2v) is 11.4. The van der Waals surface area contributed by atoms with E-state index in [2.05, 4.69) is 4.98 Å². The molecule has 0 saturated carbocycles. The van der Waals surface area contributed by atoms with Crippen molar-refractivity contribution in [1.82, 2.24) is 14.5 Å². The maximum atomic E-state index is 16.3. The first kappa shape index (κ1) is 23.8. The van der Waals surface area contributed by atoms with Crippen LogP contribution >= 0.6 is 11.6 Å². The number of alkyl halides is 1. The summed E-state index contributed by atoms with van der Waals surface area (Å²) in [7, 11) is 0. The van der Waals surface area contributed by atoms with Crippen LogP contribution < -0.4 is 5.56 Å². The van der Waals surface area contributed by atoms with Crippen LogP contribution in [0.25, 0.3) is 16.6 Å². The van der Waals surface area contributed by atoms with E-state index in [1.807, 2.05) is 63.5 Å². The molecule has 6 nitrogen and oxygen atoms in total. The lowest BCUT2D eigenvalue weighted by atomic mass is 9.81. The van der Waals surface area contributed by atoms with Gasteiger partial charge >= 0.3 is 6.09 Å². The third-order valence-corrected chi connectivity index (χ3v) is 7.38. The number of carbonyl (C=O) groups excluding carboxylic acids is 1. The van der Waals surface area contributed by atoms with Crippen LogP contribution in [-0.2, 0) is 15.8 Å². The van der Waals surface area contributed by atoms with Gasteiger partial charge in [0.1, 0.15) is 17.1 Å². The summed E-state index contributed by atoms with van der Waals surface area (Å²) in [4.78, 5) is 31.2. The number of hydrogen-bond acceptors (Lipinski definition) is 4. The highest BCUT2D eigenvalue weighted by Gasteiger charge is 2.42. The van der Waals surface area contributed by atoms with E-state index in [9.17, 15) is 9.59 Å². The first-order valence-electron chi connectivity index (χ1n) is 11.9. The molecule has 0 spiro atoms. The number of benzene rings is 2. The fraction of sp³-hybridized carbons (Fsp3) is 0.444. The minimum Gasteiger partial charge on any atom is -0.444 e. The van der Waals surface area contributed by atoms with Crippen LogP contribution in [0.15, 0.2) is 41.2 Å². The summed E-state index contributed by atoms with van der Waals surface area (Å²) in [5.74, 6) is 0.608. The number of piperidine rings is 1. The second kappa shape index (κ2) is 7.79. The highest BCUT2D eigenvalue weighted by molar-refractivity contribution is 6.35. The summed E-state index contributed by atoms with van der Waals surface area (Å²) in [5, 5.41) is 0.696. The molecule has 8 heteroatoms. The third-order valence-electron chi connectivity index (χ3n) is 7.06. The smallest absolute Gasteiger partial charge is 0.410 e. The Hall–Kier alpha value is -2.93. The zero-order valence-corrected chi connectivity index (χ0v) is 21.4. The highest BCUT2D eigenvalue weighted by atomic mass is 35.5. The van der Waals surface area contributed by atoms with Crippen LogP contribution in [-0.4, -0.2) is 39.2 Å². The lowest BCUT2D eigenvalue weighted by molar-refractivity contribution is 0.00219. The molecule has 2 aliphatic heterocycles. The van der Waals surface area contributed by atoms with E-state index in [0.717, 1.165) is 11.3 Å². The number of rotatable bonds is 1. The minimum atomic E-state index is -1.58. The Labute approximate surface area is 208 Å². The summed E-state index contributed by atoms with van der Waals surface area (Å²) in [5.41, 5.74) is -0.101. The van der Waals surface area contributed by atoms with Gasteiger partial charge in [-0.1, -0.05) is 29.8 Å². The Morgan fingerprint density at radius 3 is 2.49 bits per heavy atom. The number of nitrogens with zero attached hydrogens (tertiary/aromatic N) is 3. The summed E-state index contributed by atoms with van der Waals surface area (Å²) in [6.07, 6.45) is -0.0606. The van der Waals surface area contributed by atoms with Gasteiger partial charge in [0, 0.05) is 25.9 Å². The lowest BCUT2D eigenvalue weighted by Gasteiger charge is -2.37. The monoisotopic (exact) mass is 497 g/mol. The number of carbonyl (C=O) groups is 1. The first-order chi connectivity index (χ1) is 16.3. The van der Waals surface area contributed by atoms with Crippen molar-refractivity contribution in [3.63, 3.8) is 0 Å².